The first-order valence-electron chi connectivity index (χ1n) is 8.85. The van der Waals surface area contributed by atoms with Gasteiger partial charge in [-0.2, -0.15) is 0 Å². The van der Waals surface area contributed by atoms with Crippen molar-refractivity contribution in [2.75, 3.05) is 5.32 Å². The Hall–Kier alpha value is -3.16. The monoisotopic (exact) mass is 421 g/mol. The van der Waals surface area contributed by atoms with Crippen LogP contribution in [0.4, 0.5) is 10.1 Å². The van der Waals surface area contributed by atoms with Crippen LogP contribution in [0.15, 0.2) is 66.7 Å². The SMILES string of the molecule is Cc1cc(-c2nc3ccccc3s2)ccc1NC(=S)NC(=O)c1ccccc1F. The van der Waals surface area contributed by atoms with Crippen molar-refractivity contribution >= 4 is 50.5 Å². The summed E-state index contributed by atoms with van der Waals surface area (Å²) in [6.45, 7) is 1.94. The second kappa shape index (κ2) is 8.06. The molecule has 0 unspecified atom stereocenters. The summed E-state index contributed by atoms with van der Waals surface area (Å²) in [6.07, 6.45) is 0. The zero-order chi connectivity index (χ0) is 20.4. The molecule has 0 saturated heterocycles. The Bertz CT molecular complexity index is 1200. The number of benzene rings is 3. The Morgan fingerprint density at radius 3 is 2.59 bits per heavy atom. The van der Waals surface area contributed by atoms with E-state index in [4.69, 9.17) is 12.2 Å². The molecule has 7 heteroatoms. The number of para-hydroxylation sites is 1. The van der Waals surface area contributed by atoms with Crippen molar-refractivity contribution in [3.63, 3.8) is 0 Å². The third kappa shape index (κ3) is 4.16. The largest absolute Gasteiger partial charge is 0.332 e. The van der Waals surface area contributed by atoms with E-state index in [-0.39, 0.29) is 10.7 Å². The van der Waals surface area contributed by atoms with Crippen LogP contribution in [0.25, 0.3) is 20.8 Å². The molecule has 29 heavy (non-hydrogen) atoms. The van der Waals surface area contributed by atoms with Gasteiger partial charge in [0.25, 0.3) is 5.91 Å². The number of carbonyl (C=O) groups is 1. The lowest BCUT2D eigenvalue weighted by molar-refractivity contribution is 0.0974. The molecule has 3 aromatic carbocycles. The number of hydrogen-bond acceptors (Lipinski definition) is 4. The second-order valence-corrected chi connectivity index (χ2v) is 7.84. The number of amides is 1. The van der Waals surface area contributed by atoms with Gasteiger partial charge in [-0.05, 0) is 67.2 Å². The van der Waals surface area contributed by atoms with Crippen LogP contribution in [0.5, 0.6) is 0 Å². The third-order valence-corrected chi connectivity index (χ3v) is 5.65. The van der Waals surface area contributed by atoms with Crippen LogP contribution in [-0.4, -0.2) is 16.0 Å². The van der Waals surface area contributed by atoms with E-state index in [2.05, 4.69) is 21.7 Å². The summed E-state index contributed by atoms with van der Waals surface area (Å²) in [5.41, 5.74) is 3.64. The number of nitrogens with one attached hydrogen (secondary N) is 2. The zero-order valence-corrected chi connectivity index (χ0v) is 17.0. The highest BCUT2D eigenvalue weighted by atomic mass is 32.1. The van der Waals surface area contributed by atoms with Gasteiger partial charge in [0, 0.05) is 11.3 Å². The first-order chi connectivity index (χ1) is 14.0. The van der Waals surface area contributed by atoms with Crippen molar-refractivity contribution in [2.45, 2.75) is 6.92 Å². The molecule has 0 atom stereocenters. The Morgan fingerprint density at radius 1 is 1.07 bits per heavy atom. The number of thiazole rings is 1. The fourth-order valence-electron chi connectivity index (χ4n) is 2.90. The highest BCUT2D eigenvalue weighted by Crippen LogP contribution is 2.31. The number of aromatic nitrogens is 1. The molecule has 4 nitrogen and oxygen atoms in total. The fraction of sp³-hybridized carbons (Fsp3) is 0.0455. The van der Waals surface area contributed by atoms with Crippen molar-refractivity contribution in [3.05, 3.63) is 83.7 Å². The van der Waals surface area contributed by atoms with E-state index in [1.165, 1.54) is 18.2 Å². The maximum absolute atomic E-state index is 13.7. The Morgan fingerprint density at radius 2 is 1.83 bits per heavy atom. The molecule has 0 aliphatic carbocycles. The molecule has 1 amide bonds. The molecule has 0 aliphatic heterocycles. The summed E-state index contributed by atoms with van der Waals surface area (Å²) in [5, 5.41) is 6.55. The first-order valence-corrected chi connectivity index (χ1v) is 10.1. The average Bonchev–Trinajstić information content (AvgIpc) is 3.14. The molecule has 4 rings (SSSR count). The summed E-state index contributed by atoms with van der Waals surface area (Å²) < 4.78 is 14.9. The summed E-state index contributed by atoms with van der Waals surface area (Å²) in [4.78, 5) is 16.9. The van der Waals surface area contributed by atoms with Gasteiger partial charge in [-0.1, -0.05) is 24.3 Å². The summed E-state index contributed by atoms with van der Waals surface area (Å²) in [6, 6.07) is 19.6. The van der Waals surface area contributed by atoms with Crippen LogP contribution < -0.4 is 10.6 Å². The minimum atomic E-state index is -0.593. The molecule has 0 fully saturated rings. The standard InChI is InChI=1S/C22H16FN3OS2/c1-13-12-14(21-24-18-8-4-5-9-19(18)29-21)10-11-17(13)25-22(28)26-20(27)15-6-2-3-7-16(15)23/h2-12H,1H3,(H2,25,26,27,28). The second-order valence-electron chi connectivity index (χ2n) is 6.40. The van der Waals surface area contributed by atoms with Crippen LogP contribution >= 0.6 is 23.6 Å². The van der Waals surface area contributed by atoms with Gasteiger partial charge in [0.15, 0.2) is 5.11 Å². The highest BCUT2D eigenvalue weighted by Gasteiger charge is 2.13. The van der Waals surface area contributed by atoms with E-state index in [1.54, 1.807) is 17.4 Å². The van der Waals surface area contributed by atoms with Gasteiger partial charge in [-0.15, -0.1) is 11.3 Å². The molecule has 1 aromatic heterocycles. The number of halogens is 1. The van der Waals surface area contributed by atoms with Gasteiger partial charge < -0.3 is 5.32 Å². The summed E-state index contributed by atoms with van der Waals surface area (Å²) in [5.74, 6) is -1.19. The quantitative estimate of drug-likeness (QED) is 0.427. The Labute approximate surface area is 176 Å². The van der Waals surface area contributed by atoms with Gasteiger partial charge in [-0.3, -0.25) is 10.1 Å². The molecule has 0 bridgehead atoms. The molecule has 0 aliphatic rings. The van der Waals surface area contributed by atoms with E-state index in [9.17, 15) is 9.18 Å². The predicted molar refractivity (Wildman–Crippen MR) is 120 cm³/mol. The van der Waals surface area contributed by atoms with Crippen LogP contribution in [0.1, 0.15) is 15.9 Å². The van der Waals surface area contributed by atoms with Gasteiger partial charge in [-0.25, -0.2) is 9.37 Å². The maximum Gasteiger partial charge on any atom is 0.260 e. The lowest BCUT2D eigenvalue weighted by Crippen LogP contribution is -2.34. The van der Waals surface area contributed by atoms with Crippen molar-refractivity contribution in [1.29, 1.82) is 0 Å². The van der Waals surface area contributed by atoms with Crippen molar-refractivity contribution in [1.82, 2.24) is 10.3 Å². The predicted octanol–water partition coefficient (Wildman–Crippen LogP) is 5.54. The molecule has 2 N–H and O–H groups in total. The molecular formula is C22H16FN3OS2. The lowest BCUT2D eigenvalue weighted by Gasteiger charge is -2.12. The van der Waals surface area contributed by atoms with E-state index < -0.39 is 11.7 Å². The number of hydrogen-bond donors (Lipinski definition) is 2. The third-order valence-electron chi connectivity index (χ3n) is 4.36. The number of aryl methyl sites for hydroxylation is 1. The van der Waals surface area contributed by atoms with E-state index in [1.807, 2.05) is 43.3 Å². The van der Waals surface area contributed by atoms with Gasteiger partial charge in [0.05, 0.1) is 15.8 Å². The zero-order valence-electron chi connectivity index (χ0n) is 15.4. The van der Waals surface area contributed by atoms with Crippen LogP contribution in [0.3, 0.4) is 0 Å². The number of nitrogens with zero attached hydrogens (tertiary/aromatic N) is 1. The van der Waals surface area contributed by atoms with E-state index >= 15 is 0 Å². The molecule has 1 heterocycles. The van der Waals surface area contributed by atoms with Crippen LogP contribution in [0, 0.1) is 12.7 Å². The fourth-order valence-corrected chi connectivity index (χ4v) is 4.07. The number of fused-ring (bicyclic) bond motifs is 1. The topological polar surface area (TPSA) is 54.0 Å². The van der Waals surface area contributed by atoms with Crippen LogP contribution in [0.2, 0.25) is 0 Å². The van der Waals surface area contributed by atoms with Gasteiger partial charge in [0.2, 0.25) is 0 Å². The summed E-state index contributed by atoms with van der Waals surface area (Å²) >= 11 is 6.85. The number of rotatable bonds is 3. The minimum Gasteiger partial charge on any atom is -0.332 e. The highest BCUT2D eigenvalue weighted by molar-refractivity contribution is 7.80. The van der Waals surface area contributed by atoms with E-state index in [0.717, 1.165) is 32.0 Å². The van der Waals surface area contributed by atoms with Crippen molar-refractivity contribution in [3.8, 4) is 10.6 Å². The Balaban J connectivity index is 1.49. The normalized spacial score (nSPS) is 10.7. The first kappa shape index (κ1) is 19.2. The number of carbonyl (C=O) groups excluding carboxylic acids is 1. The van der Waals surface area contributed by atoms with Crippen molar-refractivity contribution in [2.24, 2.45) is 0 Å². The number of thiocarbonyl (C=S) groups is 1. The molecule has 144 valence electrons. The lowest BCUT2D eigenvalue weighted by atomic mass is 10.1. The van der Waals surface area contributed by atoms with Crippen LogP contribution in [-0.2, 0) is 0 Å². The molecule has 0 saturated carbocycles. The smallest absolute Gasteiger partial charge is 0.260 e. The summed E-state index contributed by atoms with van der Waals surface area (Å²) in [7, 11) is 0. The van der Waals surface area contributed by atoms with Gasteiger partial charge >= 0.3 is 0 Å². The average molecular weight is 422 g/mol. The molecule has 0 radical (unpaired) electrons. The maximum atomic E-state index is 13.7. The van der Waals surface area contributed by atoms with Crippen molar-refractivity contribution < 1.29 is 9.18 Å². The number of anilines is 1. The molecule has 4 aromatic rings. The Kier molecular flexibility index (Phi) is 5.33. The molecular weight excluding hydrogens is 405 g/mol. The minimum absolute atomic E-state index is 0.0560. The van der Waals surface area contributed by atoms with E-state index in [0.29, 0.717) is 0 Å². The van der Waals surface area contributed by atoms with Gasteiger partial charge in [0.1, 0.15) is 10.8 Å². The molecule has 0 spiro atoms.